The first-order valence-electron chi connectivity index (χ1n) is 11.1. The summed E-state index contributed by atoms with van der Waals surface area (Å²) in [7, 11) is 0. The van der Waals surface area contributed by atoms with Gasteiger partial charge < -0.3 is 19.3 Å². The second kappa shape index (κ2) is 10.6. The lowest BCUT2D eigenvalue weighted by Crippen LogP contribution is -2.59. The first kappa shape index (κ1) is 23.8. The highest BCUT2D eigenvalue weighted by molar-refractivity contribution is 5.73. The zero-order chi connectivity index (χ0) is 21.6. The lowest BCUT2D eigenvalue weighted by Gasteiger charge is -2.53. The van der Waals surface area contributed by atoms with Gasteiger partial charge in [0.1, 0.15) is 0 Å². The molecular weight excluding hydrogens is 403 g/mol. The SMILES string of the molecule is C1CC(N2CCC3OCCCC3(COCC3CCOCC3)C2)C1.O=C(O)C(F)(F)F. The fraction of sp³-hybridized carbons (Fsp3) is 0.952. The van der Waals surface area contributed by atoms with Gasteiger partial charge in [-0.05, 0) is 50.9 Å². The molecule has 4 fully saturated rings. The molecule has 30 heavy (non-hydrogen) atoms. The van der Waals surface area contributed by atoms with Crippen molar-refractivity contribution in [3.05, 3.63) is 0 Å². The van der Waals surface area contributed by atoms with Gasteiger partial charge in [-0.2, -0.15) is 13.2 Å². The number of carboxylic acid groups (broad SMARTS) is 1. The molecule has 0 bridgehead atoms. The van der Waals surface area contributed by atoms with Crippen LogP contribution in [0, 0.1) is 11.3 Å². The van der Waals surface area contributed by atoms with Gasteiger partial charge in [-0.1, -0.05) is 6.42 Å². The minimum absolute atomic E-state index is 0.261. The molecule has 0 spiro atoms. The summed E-state index contributed by atoms with van der Waals surface area (Å²) in [5.41, 5.74) is 0.261. The van der Waals surface area contributed by atoms with E-state index in [0.29, 0.717) is 12.0 Å². The van der Waals surface area contributed by atoms with Crippen LogP contribution < -0.4 is 0 Å². The zero-order valence-electron chi connectivity index (χ0n) is 17.5. The molecule has 3 heterocycles. The van der Waals surface area contributed by atoms with Crippen molar-refractivity contribution in [2.75, 3.05) is 46.1 Å². The number of alkyl halides is 3. The number of fused-ring (bicyclic) bond motifs is 1. The quantitative estimate of drug-likeness (QED) is 0.710. The third kappa shape index (κ3) is 6.31. The molecule has 0 aromatic rings. The summed E-state index contributed by atoms with van der Waals surface area (Å²) in [6, 6.07) is 0.852. The Labute approximate surface area is 176 Å². The molecule has 4 aliphatic rings. The first-order valence-corrected chi connectivity index (χ1v) is 11.1. The van der Waals surface area contributed by atoms with Crippen molar-refractivity contribution >= 4 is 5.97 Å². The molecule has 0 aromatic carbocycles. The van der Waals surface area contributed by atoms with Gasteiger partial charge in [-0.25, -0.2) is 4.79 Å². The van der Waals surface area contributed by atoms with Crippen LogP contribution >= 0.6 is 0 Å². The van der Waals surface area contributed by atoms with Gasteiger partial charge in [0, 0.05) is 51.0 Å². The summed E-state index contributed by atoms with van der Waals surface area (Å²) in [5, 5.41) is 7.12. The van der Waals surface area contributed by atoms with Gasteiger partial charge in [-0.3, -0.25) is 4.90 Å². The maximum absolute atomic E-state index is 10.6. The van der Waals surface area contributed by atoms with Gasteiger partial charge >= 0.3 is 12.1 Å². The molecule has 174 valence electrons. The third-order valence-electron chi connectivity index (χ3n) is 6.94. The molecule has 0 radical (unpaired) electrons. The Kier molecular flexibility index (Phi) is 8.40. The third-order valence-corrected chi connectivity index (χ3v) is 6.94. The topological polar surface area (TPSA) is 68.2 Å². The Morgan fingerprint density at radius 1 is 1.10 bits per heavy atom. The van der Waals surface area contributed by atoms with Crippen molar-refractivity contribution in [2.45, 2.75) is 69.7 Å². The lowest BCUT2D eigenvalue weighted by atomic mass is 9.72. The van der Waals surface area contributed by atoms with Crippen LogP contribution in [0.4, 0.5) is 13.2 Å². The summed E-state index contributed by atoms with van der Waals surface area (Å²) in [4.78, 5) is 11.7. The molecule has 1 N–H and O–H groups in total. The molecule has 0 amide bonds. The number of halogens is 3. The van der Waals surface area contributed by atoms with E-state index in [1.165, 1.54) is 64.5 Å². The molecule has 2 unspecified atom stereocenters. The van der Waals surface area contributed by atoms with Crippen LogP contribution in [0.2, 0.25) is 0 Å². The summed E-state index contributed by atoms with van der Waals surface area (Å²) in [6.07, 6.45) is 5.62. The number of nitrogens with zero attached hydrogens (tertiary/aromatic N) is 1. The van der Waals surface area contributed by atoms with E-state index in [-0.39, 0.29) is 5.41 Å². The Hall–Kier alpha value is -0.900. The number of aliphatic carboxylic acids is 1. The largest absolute Gasteiger partial charge is 0.490 e. The number of likely N-dealkylation sites (tertiary alicyclic amines) is 1. The molecule has 0 aromatic heterocycles. The Morgan fingerprint density at radius 3 is 2.40 bits per heavy atom. The Balaban J connectivity index is 0.000000318. The molecule has 6 nitrogen and oxygen atoms in total. The van der Waals surface area contributed by atoms with Gasteiger partial charge in [0.05, 0.1) is 12.7 Å². The average molecular weight is 437 g/mol. The number of hydrogen-bond donors (Lipinski definition) is 1. The van der Waals surface area contributed by atoms with E-state index in [2.05, 4.69) is 4.90 Å². The number of carbonyl (C=O) groups is 1. The van der Waals surface area contributed by atoms with Crippen LogP contribution in [0.3, 0.4) is 0 Å². The molecular formula is C21H34F3NO5. The fourth-order valence-electron chi connectivity index (χ4n) is 4.94. The number of rotatable bonds is 5. The Bertz CT molecular complexity index is 551. The predicted octanol–water partition coefficient (Wildman–Crippen LogP) is 3.49. The Morgan fingerprint density at radius 2 is 1.80 bits per heavy atom. The van der Waals surface area contributed by atoms with Crippen LogP contribution in [-0.4, -0.2) is 80.4 Å². The maximum atomic E-state index is 10.6. The molecule has 1 saturated carbocycles. The van der Waals surface area contributed by atoms with Crippen LogP contribution in [0.5, 0.6) is 0 Å². The highest BCUT2D eigenvalue weighted by Gasteiger charge is 2.47. The smallest absolute Gasteiger partial charge is 0.475 e. The van der Waals surface area contributed by atoms with Gasteiger partial charge in [-0.15, -0.1) is 0 Å². The van der Waals surface area contributed by atoms with E-state index in [9.17, 15) is 13.2 Å². The molecule has 9 heteroatoms. The second-order valence-electron chi connectivity index (χ2n) is 9.04. The van der Waals surface area contributed by atoms with Crippen molar-refractivity contribution < 1.29 is 37.3 Å². The second-order valence-corrected chi connectivity index (χ2v) is 9.04. The van der Waals surface area contributed by atoms with Crippen LogP contribution in [0.15, 0.2) is 0 Å². The van der Waals surface area contributed by atoms with E-state index in [1.807, 2.05) is 0 Å². The van der Waals surface area contributed by atoms with E-state index in [0.717, 1.165) is 39.1 Å². The summed E-state index contributed by atoms with van der Waals surface area (Å²) in [5.74, 6) is -2.05. The highest BCUT2D eigenvalue weighted by Crippen LogP contribution is 2.42. The molecule has 1 aliphatic carbocycles. The van der Waals surface area contributed by atoms with Gasteiger partial charge in [0.2, 0.25) is 0 Å². The summed E-state index contributed by atoms with van der Waals surface area (Å²) >= 11 is 0. The fourth-order valence-corrected chi connectivity index (χ4v) is 4.94. The van der Waals surface area contributed by atoms with Crippen molar-refractivity contribution in [3.63, 3.8) is 0 Å². The predicted molar refractivity (Wildman–Crippen MR) is 103 cm³/mol. The van der Waals surface area contributed by atoms with E-state index >= 15 is 0 Å². The molecule has 3 aliphatic heterocycles. The van der Waals surface area contributed by atoms with E-state index in [4.69, 9.17) is 24.1 Å². The minimum atomic E-state index is -5.08. The van der Waals surface area contributed by atoms with E-state index in [1.54, 1.807) is 0 Å². The van der Waals surface area contributed by atoms with Crippen LogP contribution in [0.25, 0.3) is 0 Å². The minimum Gasteiger partial charge on any atom is -0.475 e. The van der Waals surface area contributed by atoms with Crippen molar-refractivity contribution in [2.24, 2.45) is 11.3 Å². The average Bonchev–Trinajstić information content (AvgIpc) is 2.67. The van der Waals surface area contributed by atoms with Crippen LogP contribution in [0.1, 0.15) is 51.4 Å². The first-order chi connectivity index (χ1) is 14.3. The number of ether oxygens (including phenoxy) is 3. The lowest BCUT2D eigenvalue weighted by molar-refractivity contribution is -0.192. The van der Waals surface area contributed by atoms with E-state index < -0.39 is 12.1 Å². The number of hydrogen-bond acceptors (Lipinski definition) is 5. The molecule has 3 saturated heterocycles. The molecule has 2 atom stereocenters. The van der Waals surface area contributed by atoms with Crippen molar-refractivity contribution in [1.29, 1.82) is 0 Å². The monoisotopic (exact) mass is 437 g/mol. The van der Waals surface area contributed by atoms with Gasteiger partial charge in [0.25, 0.3) is 0 Å². The standard InChI is InChI=1S/C19H33NO3.C2HF3O2/c1-3-17(4-1)20-9-5-18-19(14-20,8-2-10-23-18)15-22-13-16-6-11-21-12-7-16;3-2(4,5)1(6)7/h16-18H,1-15H2;(H,6,7). The highest BCUT2D eigenvalue weighted by atomic mass is 19.4. The summed E-state index contributed by atoms with van der Waals surface area (Å²) in [6.45, 7) is 7.04. The number of carboxylic acids is 1. The van der Waals surface area contributed by atoms with Gasteiger partial charge in [0.15, 0.2) is 0 Å². The normalized spacial score (nSPS) is 31.2. The number of piperidine rings is 1. The van der Waals surface area contributed by atoms with Crippen molar-refractivity contribution in [3.8, 4) is 0 Å². The van der Waals surface area contributed by atoms with Crippen molar-refractivity contribution in [1.82, 2.24) is 4.90 Å². The molecule has 4 rings (SSSR count). The van der Waals surface area contributed by atoms with Crippen LogP contribution in [-0.2, 0) is 19.0 Å². The summed E-state index contributed by atoms with van der Waals surface area (Å²) < 4.78 is 49.7. The maximum Gasteiger partial charge on any atom is 0.490 e. The zero-order valence-corrected chi connectivity index (χ0v) is 17.5.